The van der Waals surface area contributed by atoms with Gasteiger partial charge >= 0.3 is 6.36 Å². The molecule has 0 amide bonds. The van der Waals surface area contributed by atoms with Crippen LogP contribution < -0.4 is 10.1 Å². The van der Waals surface area contributed by atoms with Crippen LogP contribution in [0.3, 0.4) is 0 Å². The molecule has 1 N–H and O–H groups in total. The molecule has 0 aromatic carbocycles. The highest BCUT2D eigenvalue weighted by molar-refractivity contribution is 7.91. The van der Waals surface area contributed by atoms with E-state index < -0.39 is 26.8 Å². The van der Waals surface area contributed by atoms with Gasteiger partial charge in [0, 0.05) is 19.3 Å². The van der Waals surface area contributed by atoms with Gasteiger partial charge < -0.3 is 10.1 Å². The summed E-state index contributed by atoms with van der Waals surface area (Å²) in [5, 5.41) is 2.63. The van der Waals surface area contributed by atoms with Crippen LogP contribution in [0.25, 0.3) is 6.08 Å². The minimum absolute atomic E-state index is 0.0366. The molecule has 128 valence electrons. The minimum Gasteiger partial charge on any atom is -0.404 e. The molecule has 0 aliphatic carbocycles. The second kappa shape index (κ2) is 6.48. The van der Waals surface area contributed by atoms with Gasteiger partial charge in [-0.25, -0.2) is 13.4 Å². The third kappa shape index (κ3) is 3.82. The van der Waals surface area contributed by atoms with Gasteiger partial charge in [0.25, 0.3) is 0 Å². The number of ether oxygens (including phenoxy) is 1. The zero-order chi connectivity index (χ0) is 18.0. The molecule has 0 aliphatic rings. The molecule has 0 radical (unpaired) electrons. The Morgan fingerprint density at radius 2 is 2.00 bits per heavy atom. The van der Waals surface area contributed by atoms with Crippen LogP contribution in [0.15, 0.2) is 47.0 Å². The Morgan fingerprint density at radius 3 is 2.58 bits per heavy atom. The Bertz CT molecular complexity index is 867. The SMILES string of the molecule is C=Cc1ccc(S(=O)(=O)c2cncc(OC(F)(F)F)c2)c(NC)n1. The van der Waals surface area contributed by atoms with E-state index in [9.17, 15) is 21.6 Å². The van der Waals surface area contributed by atoms with Crippen LogP contribution in [0.2, 0.25) is 0 Å². The zero-order valence-corrected chi connectivity index (χ0v) is 13.1. The van der Waals surface area contributed by atoms with Crippen LogP contribution in [0.4, 0.5) is 19.0 Å². The van der Waals surface area contributed by atoms with Crippen molar-refractivity contribution in [1.82, 2.24) is 9.97 Å². The molecule has 0 saturated heterocycles. The van der Waals surface area contributed by atoms with Crippen molar-refractivity contribution in [2.75, 3.05) is 12.4 Å². The van der Waals surface area contributed by atoms with Crippen molar-refractivity contribution < 1.29 is 26.3 Å². The molecule has 0 unspecified atom stereocenters. The van der Waals surface area contributed by atoms with Crippen molar-refractivity contribution in [1.29, 1.82) is 0 Å². The largest absolute Gasteiger partial charge is 0.573 e. The topological polar surface area (TPSA) is 81.2 Å². The molecule has 0 aliphatic heterocycles. The van der Waals surface area contributed by atoms with Crippen LogP contribution in [-0.2, 0) is 9.84 Å². The standard InChI is InChI=1S/C14H12F3N3O3S/c1-3-9-4-5-12(13(18-2)20-9)24(21,22)11-6-10(7-19-8-11)23-14(15,16)17/h3-8H,1H2,2H3,(H,18,20). The third-order valence-corrected chi connectivity index (χ3v) is 4.60. The number of sulfone groups is 1. The van der Waals surface area contributed by atoms with Gasteiger partial charge in [0.2, 0.25) is 9.84 Å². The maximum atomic E-state index is 12.6. The van der Waals surface area contributed by atoms with E-state index in [-0.39, 0.29) is 10.7 Å². The van der Waals surface area contributed by atoms with E-state index in [1.54, 1.807) is 0 Å². The van der Waals surface area contributed by atoms with Gasteiger partial charge in [0.05, 0.1) is 16.8 Å². The van der Waals surface area contributed by atoms with Crippen molar-refractivity contribution in [2.24, 2.45) is 0 Å². The molecule has 2 rings (SSSR count). The minimum atomic E-state index is -4.95. The number of pyridine rings is 2. The second-order valence-corrected chi connectivity index (χ2v) is 6.36. The molecule has 0 fully saturated rings. The molecule has 0 spiro atoms. The quantitative estimate of drug-likeness (QED) is 0.884. The normalized spacial score (nSPS) is 11.8. The number of alkyl halides is 3. The Kier molecular flexibility index (Phi) is 4.78. The lowest BCUT2D eigenvalue weighted by atomic mass is 10.3. The molecular weight excluding hydrogens is 347 g/mol. The second-order valence-electron chi connectivity index (χ2n) is 4.44. The average molecular weight is 359 g/mol. The van der Waals surface area contributed by atoms with Crippen molar-refractivity contribution in [3.63, 3.8) is 0 Å². The first-order chi connectivity index (χ1) is 11.2. The summed E-state index contributed by atoms with van der Waals surface area (Å²) in [6.45, 7) is 3.53. The molecule has 24 heavy (non-hydrogen) atoms. The molecule has 0 saturated carbocycles. The van der Waals surface area contributed by atoms with Crippen LogP contribution in [0.1, 0.15) is 5.69 Å². The Balaban J connectivity index is 2.52. The lowest BCUT2D eigenvalue weighted by Crippen LogP contribution is -2.17. The molecule has 0 bridgehead atoms. The zero-order valence-electron chi connectivity index (χ0n) is 12.3. The fraction of sp³-hybridized carbons (Fsp3) is 0.143. The molecule has 2 aromatic rings. The van der Waals surface area contributed by atoms with Gasteiger partial charge in [-0.05, 0) is 18.2 Å². The number of anilines is 1. The lowest BCUT2D eigenvalue weighted by Gasteiger charge is -2.12. The van der Waals surface area contributed by atoms with Crippen molar-refractivity contribution >= 4 is 21.7 Å². The van der Waals surface area contributed by atoms with Crippen molar-refractivity contribution in [3.05, 3.63) is 42.9 Å². The van der Waals surface area contributed by atoms with Crippen molar-refractivity contribution in [3.8, 4) is 5.75 Å². The van der Waals surface area contributed by atoms with E-state index >= 15 is 0 Å². The van der Waals surface area contributed by atoms with E-state index in [0.29, 0.717) is 5.69 Å². The molecule has 2 heterocycles. The van der Waals surface area contributed by atoms with Crippen LogP contribution in [-0.4, -0.2) is 31.8 Å². The maximum Gasteiger partial charge on any atom is 0.573 e. The van der Waals surface area contributed by atoms with E-state index in [1.807, 2.05) is 0 Å². The van der Waals surface area contributed by atoms with Gasteiger partial charge in [-0.2, -0.15) is 0 Å². The molecular formula is C14H12F3N3O3S. The number of nitrogens with one attached hydrogen (secondary N) is 1. The number of nitrogens with zero attached hydrogens (tertiary/aromatic N) is 2. The summed E-state index contributed by atoms with van der Waals surface area (Å²) in [5.74, 6) is -0.695. The number of halogens is 3. The van der Waals surface area contributed by atoms with E-state index in [1.165, 1.54) is 25.3 Å². The van der Waals surface area contributed by atoms with E-state index in [2.05, 4.69) is 26.6 Å². The fourth-order valence-corrected chi connectivity index (χ4v) is 3.21. The number of aromatic nitrogens is 2. The smallest absolute Gasteiger partial charge is 0.404 e. The van der Waals surface area contributed by atoms with Gasteiger partial charge in [0.1, 0.15) is 16.5 Å². The summed E-state index contributed by atoms with van der Waals surface area (Å²) in [4.78, 5) is 6.87. The van der Waals surface area contributed by atoms with Gasteiger partial charge in [-0.15, -0.1) is 13.2 Å². The highest BCUT2D eigenvalue weighted by atomic mass is 32.2. The molecule has 2 aromatic heterocycles. The van der Waals surface area contributed by atoms with Gasteiger partial charge in [-0.1, -0.05) is 6.58 Å². The summed E-state index contributed by atoms with van der Waals surface area (Å²) in [6.07, 6.45) is -1.83. The fourth-order valence-electron chi connectivity index (χ4n) is 1.83. The molecule has 10 heteroatoms. The summed E-state index contributed by atoms with van der Waals surface area (Å²) in [7, 11) is -2.69. The first-order valence-corrected chi connectivity index (χ1v) is 7.93. The van der Waals surface area contributed by atoms with Crippen LogP contribution >= 0.6 is 0 Å². The monoisotopic (exact) mass is 359 g/mol. The number of hydrogen-bond donors (Lipinski definition) is 1. The summed E-state index contributed by atoms with van der Waals surface area (Å²) in [5.41, 5.74) is 0.436. The first-order valence-electron chi connectivity index (χ1n) is 6.44. The summed E-state index contributed by atoms with van der Waals surface area (Å²) < 4.78 is 65.8. The number of rotatable bonds is 5. The summed E-state index contributed by atoms with van der Waals surface area (Å²) >= 11 is 0. The molecule has 0 atom stereocenters. The van der Waals surface area contributed by atoms with Crippen LogP contribution in [0, 0.1) is 0 Å². The highest BCUT2D eigenvalue weighted by Crippen LogP contribution is 2.29. The van der Waals surface area contributed by atoms with Gasteiger partial charge in [-0.3, -0.25) is 4.98 Å². The predicted octanol–water partition coefficient (Wildman–Crippen LogP) is 2.89. The first kappa shape index (κ1) is 17.7. The van der Waals surface area contributed by atoms with Crippen LogP contribution in [0.5, 0.6) is 5.75 Å². The highest BCUT2D eigenvalue weighted by Gasteiger charge is 2.32. The predicted molar refractivity (Wildman–Crippen MR) is 80.2 cm³/mol. The summed E-state index contributed by atoms with van der Waals surface area (Å²) in [6, 6.07) is 3.45. The maximum absolute atomic E-state index is 12.6. The lowest BCUT2D eigenvalue weighted by molar-refractivity contribution is -0.274. The Labute approximate surface area is 135 Å². The average Bonchev–Trinajstić information content (AvgIpc) is 2.52. The number of hydrogen-bond acceptors (Lipinski definition) is 6. The van der Waals surface area contributed by atoms with Crippen molar-refractivity contribution in [2.45, 2.75) is 16.2 Å². The Morgan fingerprint density at radius 1 is 1.29 bits per heavy atom. The Hall–Kier alpha value is -2.62. The third-order valence-electron chi connectivity index (χ3n) is 2.85. The molecule has 6 nitrogen and oxygen atoms in total. The van der Waals surface area contributed by atoms with E-state index in [0.717, 1.165) is 18.5 Å². The van der Waals surface area contributed by atoms with E-state index in [4.69, 9.17) is 0 Å². The van der Waals surface area contributed by atoms with Gasteiger partial charge in [0.15, 0.2) is 0 Å².